The number of nitrogens with zero attached hydrogens (tertiary/aromatic N) is 3. The zero-order valence-electron chi connectivity index (χ0n) is 15.6. The molecule has 0 radical (unpaired) electrons. The van der Waals surface area contributed by atoms with Crippen LogP contribution < -0.4 is 9.70 Å². The molecule has 0 spiro atoms. The number of fused-ring (bicyclic) bond motifs is 1. The Morgan fingerprint density at radius 1 is 1.17 bits per heavy atom. The van der Waals surface area contributed by atoms with Crippen molar-refractivity contribution in [2.24, 2.45) is 4.99 Å². The Morgan fingerprint density at radius 3 is 2.60 bits per heavy atom. The number of anilines is 1. The van der Waals surface area contributed by atoms with Crippen molar-refractivity contribution in [3.05, 3.63) is 69.5 Å². The zero-order valence-corrected chi connectivity index (χ0v) is 17.9. The van der Waals surface area contributed by atoms with Crippen molar-refractivity contribution in [3.8, 4) is 0 Å². The molecule has 3 aromatic rings. The Balaban J connectivity index is 1.79. The van der Waals surface area contributed by atoms with E-state index in [1.165, 1.54) is 17.4 Å². The molecular weight excluding hydrogens is 445 g/mol. The lowest BCUT2D eigenvalue weighted by atomic mass is 10.2. The van der Waals surface area contributed by atoms with E-state index < -0.39 is 5.91 Å². The summed E-state index contributed by atoms with van der Waals surface area (Å²) in [5, 5.41) is 0.947. The smallest absolute Gasteiger partial charge is 0.279 e. The molecule has 1 aliphatic heterocycles. The van der Waals surface area contributed by atoms with Crippen LogP contribution in [0.25, 0.3) is 10.2 Å². The van der Waals surface area contributed by atoms with Gasteiger partial charge in [0.1, 0.15) is 0 Å². The second-order valence-electron chi connectivity index (χ2n) is 6.61. The van der Waals surface area contributed by atoms with E-state index in [0.29, 0.717) is 27.1 Å². The van der Waals surface area contributed by atoms with Gasteiger partial charge in [0.05, 0.1) is 20.9 Å². The van der Waals surface area contributed by atoms with Gasteiger partial charge in [0.25, 0.3) is 5.91 Å². The van der Waals surface area contributed by atoms with E-state index in [0.717, 1.165) is 15.1 Å². The van der Waals surface area contributed by atoms with Crippen LogP contribution in [0.3, 0.4) is 0 Å². The van der Waals surface area contributed by atoms with Gasteiger partial charge < -0.3 is 4.57 Å². The first kappa shape index (κ1) is 20.5. The van der Waals surface area contributed by atoms with Crippen LogP contribution in [0.5, 0.6) is 0 Å². The first-order valence-electron chi connectivity index (χ1n) is 9.03. The SMILES string of the molecule is C=CCn1c(=NC(=O)c2cccc(N3C(=O)CCC3=O)c2)sc2cc(Cl)cc(Cl)c21. The van der Waals surface area contributed by atoms with Crippen molar-refractivity contribution in [2.45, 2.75) is 19.4 Å². The number of thiazole rings is 1. The number of carbonyl (C=O) groups excluding carboxylic acids is 3. The average molecular weight is 460 g/mol. The Kier molecular flexibility index (Phi) is 5.60. The topological polar surface area (TPSA) is 71.7 Å². The van der Waals surface area contributed by atoms with E-state index in [9.17, 15) is 14.4 Å². The minimum absolute atomic E-state index is 0.175. The molecule has 0 atom stereocenters. The molecule has 4 rings (SSSR count). The number of allylic oxidation sites excluding steroid dienone is 1. The number of rotatable bonds is 4. The number of hydrogen-bond donors (Lipinski definition) is 0. The van der Waals surface area contributed by atoms with Crippen LogP contribution in [-0.2, 0) is 16.1 Å². The Labute approximate surface area is 185 Å². The van der Waals surface area contributed by atoms with Gasteiger partial charge in [-0.1, -0.05) is 46.7 Å². The molecule has 1 aliphatic rings. The second kappa shape index (κ2) is 8.18. The summed E-state index contributed by atoms with van der Waals surface area (Å²) in [7, 11) is 0. The fraction of sp³-hybridized carbons (Fsp3) is 0.143. The van der Waals surface area contributed by atoms with Crippen molar-refractivity contribution in [1.29, 1.82) is 0 Å². The number of aromatic nitrogens is 1. The normalized spacial score (nSPS) is 14.7. The molecule has 0 aliphatic carbocycles. The maximum atomic E-state index is 12.9. The summed E-state index contributed by atoms with van der Waals surface area (Å²) in [6.07, 6.45) is 2.04. The highest BCUT2D eigenvalue weighted by Gasteiger charge is 2.30. The van der Waals surface area contributed by atoms with E-state index >= 15 is 0 Å². The number of amides is 3. The van der Waals surface area contributed by atoms with E-state index in [2.05, 4.69) is 11.6 Å². The van der Waals surface area contributed by atoms with Gasteiger partial charge in [-0.3, -0.25) is 19.3 Å². The van der Waals surface area contributed by atoms with Crippen molar-refractivity contribution >= 4 is 68.2 Å². The van der Waals surface area contributed by atoms with Gasteiger partial charge in [0, 0.05) is 30.0 Å². The van der Waals surface area contributed by atoms with Crippen LogP contribution in [-0.4, -0.2) is 22.3 Å². The summed E-state index contributed by atoms with van der Waals surface area (Å²) < 4.78 is 2.59. The summed E-state index contributed by atoms with van der Waals surface area (Å²) in [6.45, 7) is 4.16. The molecule has 3 amide bonds. The molecule has 2 heterocycles. The third-order valence-electron chi connectivity index (χ3n) is 4.61. The standard InChI is InChI=1S/C21H15Cl2N3O3S/c1-2-8-25-19-15(23)10-13(22)11-16(19)30-21(25)24-20(29)12-4-3-5-14(9-12)26-17(27)6-7-18(26)28/h2-5,9-11H,1,6-8H2. The molecule has 1 fully saturated rings. The summed E-state index contributed by atoms with van der Waals surface area (Å²) in [5.74, 6) is -1.05. The maximum absolute atomic E-state index is 12.9. The quantitative estimate of drug-likeness (QED) is 0.423. The predicted octanol–water partition coefficient (Wildman–Crippen LogP) is 4.59. The lowest BCUT2D eigenvalue weighted by Gasteiger charge is -2.14. The first-order valence-corrected chi connectivity index (χ1v) is 10.6. The van der Waals surface area contributed by atoms with Crippen molar-refractivity contribution < 1.29 is 14.4 Å². The number of halogens is 2. The fourth-order valence-corrected chi connectivity index (χ4v) is 5.13. The van der Waals surface area contributed by atoms with Gasteiger partial charge in [0.2, 0.25) is 11.8 Å². The number of carbonyl (C=O) groups is 3. The highest BCUT2D eigenvalue weighted by molar-refractivity contribution is 7.16. The number of hydrogen-bond acceptors (Lipinski definition) is 4. The largest absolute Gasteiger partial charge is 0.311 e. The van der Waals surface area contributed by atoms with Gasteiger partial charge in [-0.15, -0.1) is 6.58 Å². The van der Waals surface area contributed by atoms with Crippen LogP contribution in [0.1, 0.15) is 23.2 Å². The molecular formula is C21H15Cl2N3O3S. The van der Waals surface area contributed by atoms with Crippen molar-refractivity contribution in [3.63, 3.8) is 0 Å². The van der Waals surface area contributed by atoms with Crippen LogP contribution in [0.4, 0.5) is 5.69 Å². The third kappa shape index (κ3) is 3.71. The van der Waals surface area contributed by atoms with Crippen LogP contribution in [0, 0.1) is 0 Å². The lowest BCUT2D eigenvalue weighted by molar-refractivity contribution is -0.121. The van der Waals surface area contributed by atoms with Gasteiger partial charge in [-0.05, 0) is 30.3 Å². The lowest BCUT2D eigenvalue weighted by Crippen LogP contribution is -2.28. The first-order chi connectivity index (χ1) is 14.4. The van der Waals surface area contributed by atoms with Crippen LogP contribution in [0.15, 0.2) is 54.0 Å². The van der Waals surface area contributed by atoms with Crippen LogP contribution in [0.2, 0.25) is 10.0 Å². The monoisotopic (exact) mass is 459 g/mol. The molecule has 30 heavy (non-hydrogen) atoms. The summed E-state index contributed by atoms with van der Waals surface area (Å²) in [4.78, 5) is 42.7. The van der Waals surface area contributed by atoms with Crippen molar-refractivity contribution in [1.82, 2.24) is 4.57 Å². The van der Waals surface area contributed by atoms with Gasteiger partial charge >= 0.3 is 0 Å². The highest BCUT2D eigenvalue weighted by atomic mass is 35.5. The number of benzene rings is 2. The minimum Gasteiger partial charge on any atom is -0.311 e. The zero-order chi connectivity index (χ0) is 21.4. The molecule has 9 heteroatoms. The number of imide groups is 1. The second-order valence-corrected chi connectivity index (χ2v) is 8.46. The highest BCUT2D eigenvalue weighted by Crippen LogP contribution is 2.30. The predicted molar refractivity (Wildman–Crippen MR) is 118 cm³/mol. The molecule has 152 valence electrons. The maximum Gasteiger partial charge on any atom is 0.279 e. The molecule has 2 aromatic carbocycles. The molecule has 0 unspecified atom stereocenters. The summed E-state index contributed by atoms with van der Waals surface area (Å²) in [6, 6.07) is 9.74. The molecule has 1 aromatic heterocycles. The average Bonchev–Trinajstić information content (AvgIpc) is 3.21. The molecule has 6 nitrogen and oxygen atoms in total. The van der Waals surface area contributed by atoms with E-state index in [-0.39, 0.29) is 30.2 Å². The third-order valence-corrected chi connectivity index (χ3v) is 6.14. The van der Waals surface area contributed by atoms with E-state index in [1.807, 2.05) is 0 Å². The molecule has 1 saturated heterocycles. The van der Waals surface area contributed by atoms with Crippen LogP contribution >= 0.6 is 34.5 Å². The molecule has 0 N–H and O–H groups in total. The van der Waals surface area contributed by atoms with Gasteiger partial charge in [-0.2, -0.15) is 4.99 Å². The Hall–Kier alpha value is -2.74. The van der Waals surface area contributed by atoms with E-state index in [4.69, 9.17) is 23.2 Å². The fourth-order valence-electron chi connectivity index (χ4n) is 3.31. The van der Waals surface area contributed by atoms with Gasteiger partial charge in [0.15, 0.2) is 4.80 Å². The Morgan fingerprint density at radius 2 is 1.90 bits per heavy atom. The summed E-state index contributed by atoms with van der Waals surface area (Å²) >= 11 is 13.8. The molecule has 0 saturated carbocycles. The Bertz CT molecular complexity index is 1280. The summed E-state index contributed by atoms with van der Waals surface area (Å²) in [5.41, 5.74) is 1.36. The van der Waals surface area contributed by atoms with E-state index in [1.54, 1.807) is 41.0 Å². The minimum atomic E-state index is -0.498. The van der Waals surface area contributed by atoms with Gasteiger partial charge in [-0.25, -0.2) is 0 Å². The van der Waals surface area contributed by atoms with Crippen molar-refractivity contribution in [2.75, 3.05) is 4.90 Å². The molecule has 0 bridgehead atoms.